The number of hydrogen-bond acceptors (Lipinski definition) is 2. The molecule has 1 atom stereocenters. The van der Waals surface area contributed by atoms with Crippen molar-refractivity contribution in [3.8, 4) is 11.1 Å². The quantitative estimate of drug-likeness (QED) is 0.913. The third-order valence-electron chi connectivity index (χ3n) is 2.70. The molecule has 0 heterocycles. The second kappa shape index (κ2) is 5.61. The number of hydrogen-bond donors (Lipinski definition) is 2. The minimum Gasteiger partial charge on any atom is -0.378 e. The molecule has 2 rings (SSSR count). The Kier molecular flexibility index (Phi) is 4.10. The first-order valence-electron chi connectivity index (χ1n) is 5.52. The summed E-state index contributed by atoms with van der Waals surface area (Å²) < 4.78 is 0. The van der Waals surface area contributed by atoms with Crippen LogP contribution >= 0.6 is 23.2 Å². The molecule has 0 unspecified atom stereocenters. The lowest BCUT2D eigenvalue weighted by Crippen LogP contribution is -2.21. The molecule has 0 fully saturated rings. The van der Waals surface area contributed by atoms with Gasteiger partial charge in [-0.1, -0.05) is 47.5 Å². The molecule has 2 aromatic carbocycles. The summed E-state index contributed by atoms with van der Waals surface area (Å²) in [4.78, 5) is 11.1. The molecule has 0 saturated heterocycles. The zero-order valence-corrected chi connectivity index (χ0v) is 11.3. The first-order valence-corrected chi connectivity index (χ1v) is 6.27. The largest absolute Gasteiger partial charge is 0.378 e. The Morgan fingerprint density at radius 2 is 1.68 bits per heavy atom. The van der Waals surface area contributed by atoms with E-state index in [2.05, 4.69) is 0 Å². The number of aliphatic hydroxyl groups is 1. The van der Waals surface area contributed by atoms with Crippen molar-refractivity contribution in [1.82, 2.24) is 0 Å². The maximum absolute atomic E-state index is 11.1. The van der Waals surface area contributed by atoms with E-state index in [0.717, 1.165) is 0 Å². The monoisotopic (exact) mass is 295 g/mol. The summed E-state index contributed by atoms with van der Waals surface area (Å²) in [6, 6.07) is 11.9. The number of carbonyl (C=O) groups is 1. The van der Waals surface area contributed by atoms with Gasteiger partial charge in [0.15, 0.2) is 6.10 Å². The molecule has 3 nitrogen and oxygen atoms in total. The predicted molar refractivity (Wildman–Crippen MR) is 76.1 cm³/mol. The van der Waals surface area contributed by atoms with Crippen molar-refractivity contribution < 1.29 is 9.90 Å². The molecular formula is C14H11Cl2NO2. The molecule has 0 spiro atoms. The summed E-state index contributed by atoms with van der Waals surface area (Å²) in [5, 5.41) is 10.8. The smallest absolute Gasteiger partial charge is 0.250 e. The average Bonchev–Trinajstić information content (AvgIpc) is 2.36. The van der Waals surface area contributed by atoms with Gasteiger partial charge in [0.05, 0.1) is 0 Å². The van der Waals surface area contributed by atoms with Crippen molar-refractivity contribution in [3.63, 3.8) is 0 Å². The molecular weight excluding hydrogens is 285 g/mol. The van der Waals surface area contributed by atoms with Crippen LogP contribution in [0, 0.1) is 0 Å². The van der Waals surface area contributed by atoms with Crippen molar-refractivity contribution in [2.45, 2.75) is 6.10 Å². The number of primary amides is 1. The van der Waals surface area contributed by atoms with Crippen LogP contribution in [0.1, 0.15) is 11.7 Å². The summed E-state index contributed by atoms with van der Waals surface area (Å²) in [5.74, 6) is -0.805. The lowest BCUT2D eigenvalue weighted by molar-refractivity contribution is -0.126. The van der Waals surface area contributed by atoms with Gasteiger partial charge in [0.2, 0.25) is 0 Å². The van der Waals surface area contributed by atoms with Crippen LogP contribution in [0.5, 0.6) is 0 Å². The fourth-order valence-electron chi connectivity index (χ4n) is 1.86. The van der Waals surface area contributed by atoms with Crippen LogP contribution in [0.4, 0.5) is 0 Å². The van der Waals surface area contributed by atoms with Crippen molar-refractivity contribution in [2.24, 2.45) is 5.73 Å². The molecule has 0 aliphatic heterocycles. The zero-order valence-electron chi connectivity index (χ0n) is 9.81. The highest BCUT2D eigenvalue weighted by Gasteiger charge is 2.18. The normalized spacial score (nSPS) is 12.2. The van der Waals surface area contributed by atoms with E-state index in [0.29, 0.717) is 26.7 Å². The van der Waals surface area contributed by atoms with Crippen LogP contribution in [0.25, 0.3) is 11.1 Å². The van der Waals surface area contributed by atoms with E-state index in [9.17, 15) is 9.90 Å². The maximum Gasteiger partial charge on any atom is 0.250 e. The maximum atomic E-state index is 11.1. The topological polar surface area (TPSA) is 63.3 Å². The molecule has 3 N–H and O–H groups in total. The highest BCUT2D eigenvalue weighted by atomic mass is 35.5. The van der Waals surface area contributed by atoms with E-state index in [1.54, 1.807) is 42.5 Å². The third kappa shape index (κ3) is 3.07. The van der Waals surface area contributed by atoms with Gasteiger partial charge in [-0.25, -0.2) is 0 Å². The summed E-state index contributed by atoms with van der Waals surface area (Å²) >= 11 is 11.9. The number of amides is 1. The molecule has 98 valence electrons. The van der Waals surface area contributed by atoms with Crippen molar-refractivity contribution in [1.29, 1.82) is 0 Å². The van der Waals surface area contributed by atoms with Gasteiger partial charge in [-0.05, 0) is 34.9 Å². The minimum atomic E-state index is -1.37. The van der Waals surface area contributed by atoms with Crippen LogP contribution in [0.15, 0.2) is 42.5 Å². The van der Waals surface area contributed by atoms with Crippen LogP contribution < -0.4 is 5.73 Å². The second-order valence-electron chi connectivity index (χ2n) is 4.05. The number of aliphatic hydroxyl groups excluding tert-OH is 1. The molecule has 19 heavy (non-hydrogen) atoms. The number of nitrogens with two attached hydrogens (primary N) is 1. The van der Waals surface area contributed by atoms with Gasteiger partial charge in [-0.3, -0.25) is 4.79 Å². The Labute approximate surface area is 120 Å². The van der Waals surface area contributed by atoms with E-state index >= 15 is 0 Å². The van der Waals surface area contributed by atoms with Crippen LogP contribution in [0.3, 0.4) is 0 Å². The second-order valence-corrected chi connectivity index (χ2v) is 4.92. The summed E-state index contributed by atoms with van der Waals surface area (Å²) in [6.07, 6.45) is -1.37. The lowest BCUT2D eigenvalue weighted by Gasteiger charge is -2.13. The Bertz CT molecular complexity index is 608. The molecule has 0 saturated carbocycles. The van der Waals surface area contributed by atoms with Gasteiger partial charge in [0, 0.05) is 10.0 Å². The molecule has 0 aliphatic rings. The first-order chi connectivity index (χ1) is 8.99. The van der Waals surface area contributed by atoms with Crippen LogP contribution in [-0.4, -0.2) is 11.0 Å². The van der Waals surface area contributed by atoms with Gasteiger partial charge in [-0.2, -0.15) is 0 Å². The Morgan fingerprint density at radius 1 is 1.11 bits per heavy atom. The van der Waals surface area contributed by atoms with E-state index in [1.165, 1.54) is 0 Å². The zero-order chi connectivity index (χ0) is 14.0. The standard InChI is InChI=1S/C14H11Cl2NO2/c15-9-5-8(6-10(16)7-9)11-3-1-2-4-12(11)13(18)14(17)19/h1-7,13,18H,(H2,17,19)/t13-/m1/s1. The van der Waals surface area contributed by atoms with Crippen LogP contribution in [0.2, 0.25) is 10.0 Å². The van der Waals surface area contributed by atoms with E-state index in [1.807, 2.05) is 0 Å². The van der Waals surface area contributed by atoms with E-state index < -0.39 is 12.0 Å². The predicted octanol–water partition coefficient (Wildman–Crippen LogP) is 3.18. The summed E-state index contributed by atoms with van der Waals surface area (Å²) in [7, 11) is 0. The van der Waals surface area contributed by atoms with Gasteiger partial charge < -0.3 is 10.8 Å². The van der Waals surface area contributed by atoms with Gasteiger partial charge >= 0.3 is 0 Å². The Hall–Kier alpha value is -1.55. The van der Waals surface area contributed by atoms with Crippen molar-refractivity contribution >= 4 is 29.1 Å². The lowest BCUT2D eigenvalue weighted by atomic mass is 9.96. The SMILES string of the molecule is NC(=O)[C@H](O)c1ccccc1-c1cc(Cl)cc(Cl)c1. The summed E-state index contributed by atoms with van der Waals surface area (Å²) in [5.41, 5.74) is 6.94. The molecule has 5 heteroatoms. The highest BCUT2D eigenvalue weighted by Crippen LogP contribution is 2.32. The molecule has 1 amide bonds. The van der Waals surface area contributed by atoms with Crippen LogP contribution in [-0.2, 0) is 4.79 Å². The highest BCUT2D eigenvalue weighted by molar-refractivity contribution is 6.35. The van der Waals surface area contributed by atoms with Gasteiger partial charge in [0.1, 0.15) is 0 Å². The molecule has 0 aliphatic carbocycles. The van der Waals surface area contributed by atoms with Gasteiger partial charge in [-0.15, -0.1) is 0 Å². The number of rotatable bonds is 3. The Balaban J connectivity index is 2.59. The fraction of sp³-hybridized carbons (Fsp3) is 0.0714. The molecule has 0 radical (unpaired) electrons. The molecule has 0 bridgehead atoms. The summed E-state index contributed by atoms with van der Waals surface area (Å²) in [6.45, 7) is 0. The first kappa shape index (κ1) is 13.9. The molecule has 2 aromatic rings. The number of halogens is 2. The van der Waals surface area contributed by atoms with E-state index in [-0.39, 0.29) is 0 Å². The minimum absolute atomic E-state index is 0.424. The number of carbonyl (C=O) groups excluding carboxylic acids is 1. The van der Waals surface area contributed by atoms with Gasteiger partial charge in [0.25, 0.3) is 5.91 Å². The van der Waals surface area contributed by atoms with E-state index in [4.69, 9.17) is 28.9 Å². The number of benzene rings is 2. The fourth-order valence-corrected chi connectivity index (χ4v) is 2.39. The molecule has 0 aromatic heterocycles. The van der Waals surface area contributed by atoms with Crippen molar-refractivity contribution in [2.75, 3.05) is 0 Å². The van der Waals surface area contributed by atoms with Crippen molar-refractivity contribution in [3.05, 3.63) is 58.1 Å². The third-order valence-corrected chi connectivity index (χ3v) is 3.13. The average molecular weight is 296 g/mol. The Morgan fingerprint density at radius 3 is 2.26 bits per heavy atom.